The van der Waals surface area contributed by atoms with E-state index in [9.17, 15) is 13.6 Å². The molecule has 3 aromatic rings. The predicted molar refractivity (Wildman–Crippen MR) is 118 cm³/mol. The molecule has 3 rings (SSSR count). The molecular weight excluding hydrogens is 400 g/mol. The van der Waals surface area contributed by atoms with Crippen LogP contribution < -0.4 is 5.48 Å². The third kappa shape index (κ3) is 6.47. The molecule has 0 atom stereocenters. The minimum absolute atomic E-state index is 0.163. The van der Waals surface area contributed by atoms with E-state index in [0.717, 1.165) is 28.8 Å². The van der Waals surface area contributed by atoms with Crippen molar-refractivity contribution in [2.45, 2.75) is 32.7 Å². The van der Waals surface area contributed by atoms with Crippen molar-refractivity contribution >= 4 is 22.9 Å². The molecule has 0 bridgehead atoms. The lowest BCUT2D eigenvalue weighted by molar-refractivity contribution is -0.124. The maximum Gasteiger partial charge on any atom is 0.267 e. The Labute approximate surface area is 180 Å². The number of rotatable bonds is 10. The first-order valence-electron chi connectivity index (χ1n) is 10.2. The minimum atomic E-state index is -2.33. The van der Waals surface area contributed by atoms with Gasteiger partial charge in [0.2, 0.25) is 6.43 Å². The van der Waals surface area contributed by atoms with Crippen LogP contribution in [0.4, 0.5) is 8.78 Å². The summed E-state index contributed by atoms with van der Waals surface area (Å²) in [6, 6.07) is 15.7. The number of benzene rings is 2. The fourth-order valence-corrected chi connectivity index (χ4v) is 3.68. The second-order valence-corrected chi connectivity index (χ2v) is 7.53. The van der Waals surface area contributed by atoms with Crippen molar-refractivity contribution in [3.05, 3.63) is 77.0 Å². The van der Waals surface area contributed by atoms with Crippen LogP contribution >= 0.6 is 0 Å². The van der Waals surface area contributed by atoms with Gasteiger partial charge in [-0.1, -0.05) is 42.5 Å². The molecule has 0 fully saturated rings. The Bertz CT molecular complexity index is 1030. The zero-order valence-corrected chi connectivity index (χ0v) is 17.4. The van der Waals surface area contributed by atoms with Crippen molar-refractivity contribution in [1.29, 1.82) is 0 Å². The third-order valence-corrected chi connectivity index (χ3v) is 5.29. The molecular formula is C24H27F2N3O2. The van der Waals surface area contributed by atoms with Crippen molar-refractivity contribution < 1.29 is 18.8 Å². The second-order valence-electron chi connectivity index (χ2n) is 7.53. The zero-order chi connectivity index (χ0) is 22.2. The number of aromatic amines is 1. The van der Waals surface area contributed by atoms with E-state index in [0.29, 0.717) is 19.6 Å². The predicted octanol–water partition coefficient (Wildman–Crippen LogP) is 4.69. The maximum absolute atomic E-state index is 12.9. The summed E-state index contributed by atoms with van der Waals surface area (Å²) in [5, 5.41) is 9.71. The number of aryl methyl sites for hydroxylation is 1. The smallest absolute Gasteiger partial charge is 0.267 e. The van der Waals surface area contributed by atoms with Gasteiger partial charge in [0.25, 0.3) is 5.91 Å². The van der Waals surface area contributed by atoms with Crippen LogP contribution in [0.1, 0.15) is 28.8 Å². The van der Waals surface area contributed by atoms with Gasteiger partial charge in [0.05, 0.1) is 0 Å². The zero-order valence-electron chi connectivity index (χ0n) is 17.4. The van der Waals surface area contributed by atoms with Gasteiger partial charge in [-0.3, -0.25) is 14.9 Å². The number of carbonyl (C=O) groups is 1. The van der Waals surface area contributed by atoms with E-state index < -0.39 is 12.3 Å². The number of halogens is 2. The van der Waals surface area contributed by atoms with E-state index in [-0.39, 0.29) is 6.42 Å². The van der Waals surface area contributed by atoms with E-state index in [4.69, 9.17) is 5.21 Å². The van der Waals surface area contributed by atoms with Gasteiger partial charge in [0, 0.05) is 48.7 Å². The van der Waals surface area contributed by atoms with Crippen LogP contribution in [0, 0.1) is 6.92 Å². The van der Waals surface area contributed by atoms with E-state index in [1.54, 1.807) is 11.6 Å². The number of carbonyl (C=O) groups excluding carboxylic acids is 1. The number of para-hydroxylation sites is 1. The highest BCUT2D eigenvalue weighted by Crippen LogP contribution is 2.23. The van der Waals surface area contributed by atoms with Crippen molar-refractivity contribution in [1.82, 2.24) is 15.4 Å². The van der Waals surface area contributed by atoms with Crippen molar-refractivity contribution in [3.63, 3.8) is 0 Å². The second kappa shape index (κ2) is 10.8. The summed E-state index contributed by atoms with van der Waals surface area (Å²) in [5.74, 6) is -0.602. The highest BCUT2D eigenvalue weighted by atomic mass is 19.3. The molecule has 0 spiro atoms. The quantitative estimate of drug-likeness (QED) is 0.250. The van der Waals surface area contributed by atoms with Crippen LogP contribution in [0.5, 0.6) is 0 Å². The topological polar surface area (TPSA) is 68.4 Å². The molecule has 3 N–H and O–H groups in total. The molecule has 2 aromatic carbocycles. The average Bonchev–Trinajstić information content (AvgIpc) is 3.09. The molecule has 164 valence electrons. The first kappa shape index (κ1) is 22.7. The maximum atomic E-state index is 12.9. The van der Waals surface area contributed by atoms with Gasteiger partial charge >= 0.3 is 0 Å². The molecule has 1 heterocycles. The molecule has 0 saturated heterocycles. The van der Waals surface area contributed by atoms with Crippen LogP contribution in [-0.2, 0) is 17.8 Å². The van der Waals surface area contributed by atoms with Crippen LogP contribution in [0.25, 0.3) is 17.0 Å². The Morgan fingerprint density at radius 1 is 1.16 bits per heavy atom. The lowest BCUT2D eigenvalue weighted by Gasteiger charge is -2.22. The molecule has 0 aliphatic heterocycles. The highest BCUT2D eigenvalue weighted by molar-refractivity contribution is 5.90. The van der Waals surface area contributed by atoms with Gasteiger partial charge < -0.3 is 4.98 Å². The van der Waals surface area contributed by atoms with Crippen molar-refractivity contribution in [2.24, 2.45) is 0 Å². The van der Waals surface area contributed by atoms with Crippen LogP contribution in [0.3, 0.4) is 0 Å². The van der Waals surface area contributed by atoms with Gasteiger partial charge in [-0.2, -0.15) is 0 Å². The number of aromatic nitrogens is 1. The Balaban J connectivity index is 1.68. The number of alkyl halides is 2. The fourth-order valence-electron chi connectivity index (χ4n) is 3.68. The number of hydrogen-bond acceptors (Lipinski definition) is 3. The van der Waals surface area contributed by atoms with E-state index in [2.05, 4.69) is 16.0 Å². The normalized spacial score (nSPS) is 11.8. The fraction of sp³-hybridized carbons (Fsp3) is 0.292. The van der Waals surface area contributed by atoms with Gasteiger partial charge in [0.15, 0.2) is 0 Å². The van der Waals surface area contributed by atoms with Gasteiger partial charge in [0.1, 0.15) is 0 Å². The van der Waals surface area contributed by atoms with E-state index >= 15 is 0 Å². The lowest BCUT2D eigenvalue weighted by Crippen LogP contribution is -2.28. The average molecular weight is 427 g/mol. The Kier molecular flexibility index (Phi) is 7.92. The first-order chi connectivity index (χ1) is 15.0. The monoisotopic (exact) mass is 427 g/mol. The SMILES string of the molecule is Cc1[nH]c2ccccc2c1CCN(CCC(F)F)Cc1ccc(/C=C/C(=O)NO)cc1. The van der Waals surface area contributed by atoms with Crippen LogP contribution in [0.15, 0.2) is 54.6 Å². The molecule has 1 amide bonds. The standard InChI is InChI=1S/C24H27F2N3O2/c1-17-20(21-4-2-3-5-22(21)27-17)12-14-29(15-13-23(25)26)16-19-8-6-18(7-9-19)10-11-24(30)28-31/h2-11,23,27,31H,12-16H2,1H3,(H,28,30)/b11-10+. The summed E-state index contributed by atoms with van der Waals surface area (Å²) in [5.41, 5.74) is 6.78. The number of amides is 1. The molecule has 31 heavy (non-hydrogen) atoms. The minimum Gasteiger partial charge on any atom is -0.358 e. The van der Waals surface area contributed by atoms with Crippen molar-refractivity contribution in [2.75, 3.05) is 13.1 Å². The molecule has 0 saturated carbocycles. The largest absolute Gasteiger partial charge is 0.358 e. The Morgan fingerprint density at radius 3 is 2.61 bits per heavy atom. The Morgan fingerprint density at radius 2 is 1.90 bits per heavy atom. The van der Waals surface area contributed by atoms with Crippen molar-refractivity contribution in [3.8, 4) is 0 Å². The number of H-pyrrole nitrogens is 1. The number of hydrogen-bond donors (Lipinski definition) is 3. The molecule has 7 heteroatoms. The molecule has 0 aliphatic rings. The molecule has 5 nitrogen and oxygen atoms in total. The summed E-state index contributed by atoms with van der Waals surface area (Å²) < 4.78 is 25.7. The summed E-state index contributed by atoms with van der Waals surface area (Å²) in [6.45, 7) is 3.60. The number of hydroxylamine groups is 1. The van der Waals surface area contributed by atoms with Gasteiger partial charge in [-0.15, -0.1) is 0 Å². The first-order valence-corrected chi connectivity index (χ1v) is 10.2. The molecule has 0 radical (unpaired) electrons. The lowest BCUT2D eigenvalue weighted by atomic mass is 10.1. The summed E-state index contributed by atoms with van der Waals surface area (Å²) in [7, 11) is 0. The third-order valence-electron chi connectivity index (χ3n) is 5.29. The Hall–Kier alpha value is -3.03. The van der Waals surface area contributed by atoms with Crippen LogP contribution in [-0.4, -0.2) is 40.5 Å². The van der Waals surface area contributed by atoms with E-state index in [1.165, 1.54) is 17.0 Å². The summed E-state index contributed by atoms with van der Waals surface area (Å²) in [6.07, 6.45) is 1.10. The van der Waals surface area contributed by atoms with Gasteiger partial charge in [-0.05, 0) is 42.2 Å². The van der Waals surface area contributed by atoms with Gasteiger partial charge in [-0.25, -0.2) is 14.3 Å². The number of nitrogens with zero attached hydrogens (tertiary/aromatic N) is 1. The highest BCUT2D eigenvalue weighted by Gasteiger charge is 2.13. The van der Waals surface area contributed by atoms with Crippen LogP contribution in [0.2, 0.25) is 0 Å². The number of fused-ring (bicyclic) bond motifs is 1. The van der Waals surface area contributed by atoms with E-state index in [1.807, 2.05) is 49.4 Å². The summed E-state index contributed by atoms with van der Waals surface area (Å²) >= 11 is 0. The molecule has 0 unspecified atom stereocenters. The summed E-state index contributed by atoms with van der Waals surface area (Å²) in [4.78, 5) is 16.5. The number of nitrogens with one attached hydrogen (secondary N) is 2. The molecule has 0 aliphatic carbocycles. The molecule has 1 aromatic heterocycles.